The number of nitrogens with one attached hydrogen (secondary N) is 1. The molecule has 29 heavy (non-hydrogen) atoms. The monoisotopic (exact) mass is 397 g/mol. The normalized spacial score (nSPS) is 18.8. The molecule has 1 N–H and O–H groups in total. The Balaban J connectivity index is 1.23. The third kappa shape index (κ3) is 5.16. The average molecular weight is 398 g/mol. The number of piperazine rings is 1. The van der Waals surface area contributed by atoms with Gasteiger partial charge in [-0.05, 0) is 30.5 Å². The van der Waals surface area contributed by atoms with Crippen molar-refractivity contribution in [2.75, 3.05) is 45.2 Å². The summed E-state index contributed by atoms with van der Waals surface area (Å²) in [6.45, 7) is 5.08. The predicted molar refractivity (Wildman–Crippen MR) is 113 cm³/mol. The molecule has 2 fully saturated rings. The Kier molecular flexibility index (Phi) is 6.46. The van der Waals surface area contributed by atoms with Gasteiger partial charge < -0.3 is 10.1 Å². The van der Waals surface area contributed by atoms with Crippen LogP contribution in [0.2, 0.25) is 0 Å². The highest BCUT2D eigenvalue weighted by Gasteiger charge is 2.22. The fraction of sp³-hybridized carbons (Fsp3) is 0.545. The maximum Gasteiger partial charge on any atom is 0.239 e. The lowest BCUT2D eigenvalue weighted by atomic mass is 10.2. The second-order valence-corrected chi connectivity index (χ2v) is 8.05. The zero-order valence-electron chi connectivity index (χ0n) is 17.2. The molecule has 0 atom stereocenters. The minimum atomic E-state index is 0.0472. The lowest BCUT2D eigenvalue weighted by Gasteiger charge is -2.34. The van der Waals surface area contributed by atoms with Crippen LogP contribution in [0.3, 0.4) is 0 Å². The minimum Gasteiger partial charge on any atom is -0.497 e. The number of nitrogens with zero attached hydrogens (tertiary/aromatic N) is 4. The van der Waals surface area contributed by atoms with E-state index in [-0.39, 0.29) is 5.91 Å². The van der Waals surface area contributed by atoms with Gasteiger partial charge in [0, 0.05) is 38.8 Å². The Morgan fingerprint density at radius 3 is 2.66 bits per heavy atom. The van der Waals surface area contributed by atoms with E-state index < -0.39 is 0 Å². The average Bonchev–Trinajstić information content (AvgIpc) is 3.41. The van der Waals surface area contributed by atoms with Crippen LogP contribution in [0.25, 0.3) is 0 Å². The van der Waals surface area contributed by atoms with Crippen molar-refractivity contribution in [2.24, 2.45) is 0 Å². The van der Waals surface area contributed by atoms with Crippen LogP contribution in [0.1, 0.15) is 37.3 Å². The number of ether oxygens (including phenoxy) is 1. The first kappa shape index (κ1) is 19.9. The van der Waals surface area contributed by atoms with Crippen LogP contribution in [0.5, 0.6) is 5.75 Å². The van der Waals surface area contributed by atoms with Crippen molar-refractivity contribution in [1.82, 2.24) is 19.6 Å². The molecule has 1 saturated carbocycles. The molecular formula is C22H31N5O2. The number of amides is 1. The standard InChI is InChI=1S/C22H31N5O2/c1-29-20-8-4-5-18(15-20)16-25-11-13-26(14-12-25)17-22(28)24-21-9-10-23-27(21)19-6-2-3-7-19/h4-5,8-10,15,19H,2-3,6-7,11-14,16-17H2,1H3,(H,24,28). The fourth-order valence-corrected chi connectivity index (χ4v) is 4.37. The lowest BCUT2D eigenvalue weighted by molar-refractivity contribution is -0.117. The number of aromatic nitrogens is 2. The number of hydrogen-bond acceptors (Lipinski definition) is 5. The number of methoxy groups -OCH3 is 1. The maximum absolute atomic E-state index is 12.6. The predicted octanol–water partition coefficient (Wildman–Crippen LogP) is 2.76. The van der Waals surface area contributed by atoms with Crippen molar-refractivity contribution >= 4 is 11.7 Å². The molecule has 0 spiro atoms. The summed E-state index contributed by atoms with van der Waals surface area (Å²) in [6.07, 6.45) is 6.58. The Hall–Kier alpha value is -2.38. The van der Waals surface area contributed by atoms with Gasteiger partial charge in [0.15, 0.2) is 0 Å². The molecule has 1 aromatic carbocycles. The van der Waals surface area contributed by atoms with Gasteiger partial charge in [-0.3, -0.25) is 14.6 Å². The first-order valence-electron chi connectivity index (χ1n) is 10.6. The number of anilines is 1. The topological polar surface area (TPSA) is 62.6 Å². The van der Waals surface area contributed by atoms with E-state index in [9.17, 15) is 4.79 Å². The molecular weight excluding hydrogens is 366 g/mol. The van der Waals surface area contributed by atoms with Crippen LogP contribution in [-0.2, 0) is 11.3 Å². The molecule has 2 aliphatic rings. The molecule has 7 nitrogen and oxygen atoms in total. The van der Waals surface area contributed by atoms with Gasteiger partial charge in [0.1, 0.15) is 11.6 Å². The maximum atomic E-state index is 12.6. The van der Waals surface area contributed by atoms with Crippen LogP contribution in [0.15, 0.2) is 36.5 Å². The summed E-state index contributed by atoms with van der Waals surface area (Å²) in [5.41, 5.74) is 1.26. The molecule has 1 aromatic heterocycles. The van der Waals surface area contributed by atoms with Gasteiger partial charge in [0.2, 0.25) is 5.91 Å². The lowest BCUT2D eigenvalue weighted by Crippen LogP contribution is -2.48. The summed E-state index contributed by atoms with van der Waals surface area (Å²) in [5, 5.41) is 7.50. The summed E-state index contributed by atoms with van der Waals surface area (Å²) in [4.78, 5) is 17.2. The van der Waals surface area contributed by atoms with Gasteiger partial charge in [-0.15, -0.1) is 0 Å². The summed E-state index contributed by atoms with van der Waals surface area (Å²) in [5.74, 6) is 1.78. The zero-order chi connectivity index (χ0) is 20.1. The summed E-state index contributed by atoms with van der Waals surface area (Å²) < 4.78 is 7.31. The molecule has 0 radical (unpaired) electrons. The van der Waals surface area contributed by atoms with E-state index in [4.69, 9.17) is 4.74 Å². The quantitative estimate of drug-likeness (QED) is 0.778. The number of rotatable bonds is 7. The van der Waals surface area contributed by atoms with Crippen molar-refractivity contribution in [3.05, 3.63) is 42.1 Å². The molecule has 0 unspecified atom stereocenters. The summed E-state index contributed by atoms with van der Waals surface area (Å²) in [7, 11) is 1.70. The van der Waals surface area contributed by atoms with Crippen molar-refractivity contribution in [2.45, 2.75) is 38.3 Å². The van der Waals surface area contributed by atoms with E-state index in [2.05, 4.69) is 32.3 Å². The minimum absolute atomic E-state index is 0.0472. The van der Waals surface area contributed by atoms with Gasteiger partial charge >= 0.3 is 0 Å². The van der Waals surface area contributed by atoms with Gasteiger partial charge in [-0.2, -0.15) is 5.10 Å². The first-order chi connectivity index (χ1) is 14.2. The van der Waals surface area contributed by atoms with Crippen LogP contribution in [-0.4, -0.2) is 65.3 Å². The van der Waals surface area contributed by atoms with E-state index in [0.29, 0.717) is 12.6 Å². The Morgan fingerprint density at radius 1 is 1.14 bits per heavy atom. The molecule has 4 rings (SSSR count). The molecule has 1 aliphatic heterocycles. The molecule has 2 heterocycles. The van der Waals surface area contributed by atoms with Crippen LogP contribution >= 0.6 is 0 Å². The van der Waals surface area contributed by atoms with Gasteiger partial charge in [-0.25, -0.2) is 4.68 Å². The smallest absolute Gasteiger partial charge is 0.239 e. The van der Waals surface area contributed by atoms with Crippen molar-refractivity contribution in [3.63, 3.8) is 0 Å². The third-order valence-corrected chi connectivity index (χ3v) is 5.98. The van der Waals surface area contributed by atoms with E-state index >= 15 is 0 Å². The molecule has 2 aromatic rings. The molecule has 156 valence electrons. The first-order valence-corrected chi connectivity index (χ1v) is 10.6. The highest BCUT2D eigenvalue weighted by molar-refractivity contribution is 5.91. The van der Waals surface area contributed by atoms with Crippen LogP contribution in [0.4, 0.5) is 5.82 Å². The van der Waals surface area contributed by atoms with Gasteiger partial charge in [0.25, 0.3) is 0 Å². The van der Waals surface area contributed by atoms with E-state index in [0.717, 1.165) is 57.1 Å². The zero-order valence-corrected chi connectivity index (χ0v) is 17.2. The number of hydrogen-bond donors (Lipinski definition) is 1. The summed E-state index contributed by atoms with van der Waals surface area (Å²) >= 11 is 0. The fourth-order valence-electron chi connectivity index (χ4n) is 4.37. The van der Waals surface area contributed by atoms with Crippen LogP contribution < -0.4 is 10.1 Å². The number of benzene rings is 1. The van der Waals surface area contributed by atoms with Gasteiger partial charge in [0.05, 0.1) is 25.9 Å². The second kappa shape index (κ2) is 9.41. The highest BCUT2D eigenvalue weighted by Crippen LogP contribution is 2.31. The van der Waals surface area contributed by atoms with Crippen LogP contribution in [0, 0.1) is 0 Å². The van der Waals surface area contributed by atoms with Crippen molar-refractivity contribution in [1.29, 1.82) is 0 Å². The molecule has 0 bridgehead atoms. The second-order valence-electron chi connectivity index (χ2n) is 8.05. The third-order valence-electron chi connectivity index (χ3n) is 5.98. The molecule has 7 heteroatoms. The number of carbonyl (C=O) groups is 1. The van der Waals surface area contributed by atoms with Crippen molar-refractivity contribution in [3.8, 4) is 5.75 Å². The van der Waals surface area contributed by atoms with E-state index in [1.807, 2.05) is 22.9 Å². The SMILES string of the molecule is COc1cccc(CN2CCN(CC(=O)Nc3ccnn3C3CCCC3)CC2)c1. The van der Waals surface area contributed by atoms with E-state index in [1.165, 1.54) is 18.4 Å². The summed E-state index contributed by atoms with van der Waals surface area (Å²) in [6, 6.07) is 10.6. The highest BCUT2D eigenvalue weighted by atomic mass is 16.5. The Morgan fingerprint density at radius 2 is 1.90 bits per heavy atom. The van der Waals surface area contributed by atoms with Crippen molar-refractivity contribution < 1.29 is 9.53 Å². The Bertz CT molecular complexity index is 807. The number of carbonyl (C=O) groups excluding carboxylic acids is 1. The van der Waals surface area contributed by atoms with Gasteiger partial charge in [-0.1, -0.05) is 25.0 Å². The Labute approximate surface area is 172 Å². The molecule has 1 amide bonds. The van der Waals surface area contributed by atoms with E-state index in [1.54, 1.807) is 13.3 Å². The molecule has 1 aliphatic carbocycles. The molecule has 1 saturated heterocycles. The largest absolute Gasteiger partial charge is 0.497 e.